The van der Waals surface area contributed by atoms with Crippen molar-refractivity contribution < 1.29 is 0 Å². The number of rotatable bonds is 10. The zero-order valence-electron chi connectivity index (χ0n) is 13.6. The van der Waals surface area contributed by atoms with Gasteiger partial charge in [-0.3, -0.25) is 4.90 Å². The molecular formula is C17H36N2. The number of nitrogens with one attached hydrogen (secondary N) is 1. The summed E-state index contributed by atoms with van der Waals surface area (Å²) in [6, 6.07) is 0.762. The van der Waals surface area contributed by atoms with E-state index in [1.807, 2.05) is 0 Å². The zero-order chi connectivity index (χ0) is 13.9. The largest absolute Gasteiger partial charge is 0.314 e. The lowest BCUT2D eigenvalue weighted by Crippen LogP contribution is -2.53. The number of hydrogen-bond donors (Lipinski definition) is 1. The molecule has 0 aromatic rings. The molecule has 0 bridgehead atoms. The third-order valence-corrected chi connectivity index (χ3v) is 4.47. The molecule has 1 unspecified atom stereocenters. The van der Waals surface area contributed by atoms with E-state index < -0.39 is 0 Å². The molecule has 1 aliphatic rings. The van der Waals surface area contributed by atoms with Crippen LogP contribution >= 0.6 is 0 Å². The molecule has 0 aromatic carbocycles. The van der Waals surface area contributed by atoms with Gasteiger partial charge in [-0.15, -0.1) is 0 Å². The molecule has 0 radical (unpaired) electrons. The van der Waals surface area contributed by atoms with Crippen LogP contribution in [0.3, 0.4) is 0 Å². The molecular weight excluding hydrogens is 232 g/mol. The van der Waals surface area contributed by atoms with Gasteiger partial charge in [-0.2, -0.15) is 0 Å². The minimum Gasteiger partial charge on any atom is -0.314 e. The van der Waals surface area contributed by atoms with E-state index >= 15 is 0 Å². The van der Waals surface area contributed by atoms with Crippen LogP contribution in [0, 0.1) is 5.92 Å². The smallest absolute Gasteiger partial charge is 0.0244 e. The summed E-state index contributed by atoms with van der Waals surface area (Å²) in [7, 11) is 0. The van der Waals surface area contributed by atoms with Gasteiger partial charge in [0.25, 0.3) is 0 Å². The van der Waals surface area contributed by atoms with Gasteiger partial charge in [-0.25, -0.2) is 0 Å². The van der Waals surface area contributed by atoms with Gasteiger partial charge in [0, 0.05) is 25.7 Å². The first-order valence-electron chi connectivity index (χ1n) is 8.70. The lowest BCUT2D eigenvalue weighted by molar-refractivity contribution is 0.122. The molecule has 1 N–H and O–H groups in total. The second kappa shape index (κ2) is 10.7. The lowest BCUT2D eigenvalue weighted by Gasteiger charge is -2.38. The van der Waals surface area contributed by atoms with Crippen LogP contribution in [0.25, 0.3) is 0 Å². The van der Waals surface area contributed by atoms with Crippen LogP contribution < -0.4 is 5.32 Å². The van der Waals surface area contributed by atoms with Crippen molar-refractivity contribution in [3.05, 3.63) is 0 Å². The number of unbranched alkanes of at least 4 members (excludes halogenated alkanes) is 7. The van der Waals surface area contributed by atoms with Gasteiger partial charge in [0.1, 0.15) is 0 Å². The predicted octanol–water partition coefficient (Wildman–Crippen LogP) is 4.06. The van der Waals surface area contributed by atoms with Crippen molar-refractivity contribution in [3.8, 4) is 0 Å². The van der Waals surface area contributed by atoms with Gasteiger partial charge in [-0.05, 0) is 18.9 Å². The van der Waals surface area contributed by atoms with Crippen molar-refractivity contribution in [2.45, 2.75) is 78.2 Å². The monoisotopic (exact) mass is 268 g/mol. The van der Waals surface area contributed by atoms with Gasteiger partial charge < -0.3 is 5.32 Å². The quantitative estimate of drug-likeness (QED) is 0.601. The Morgan fingerprint density at radius 1 is 1.00 bits per heavy atom. The van der Waals surface area contributed by atoms with Crippen molar-refractivity contribution in [1.29, 1.82) is 0 Å². The standard InChI is InChI=1S/C17H36N2/c1-4-5-6-7-8-9-10-11-13-19-14-12-18-15-17(19)16(2)3/h16-18H,4-15H2,1-3H3. The molecule has 0 saturated carbocycles. The van der Waals surface area contributed by atoms with Crippen molar-refractivity contribution in [2.75, 3.05) is 26.2 Å². The Labute approximate surface area is 121 Å². The zero-order valence-corrected chi connectivity index (χ0v) is 13.6. The minimum atomic E-state index is 0.762. The van der Waals surface area contributed by atoms with Crippen LogP contribution in [-0.4, -0.2) is 37.1 Å². The SMILES string of the molecule is CCCCCCCCCCN1CCNCC1C(C)C. The number of hydrogen-bond acceptors (Lipinski definition) is 2. The molecule has 114 valence electrons. The minimum absolute atomic E-state index is 0.762. The first-order chi connectivity index (χ1) is 9.25. The molecule has 19 heavy (non-hydrogen) atoms. The highest BCUT2D eigenvalue weighted by molar-refractivity contribution is 4.81. The van der Waals surface area contributed by atoms with E-state index in [1.165, 1.54) is 77.5 Å². The summed E-state index contributed by atoms with van der Waals surface area (Å²) in [5.74, 6) is 0.779. The second-order valence-electron chi connectivity index (χ2n) is 6.53. The predicted molar refractivity (Wildman–Crippen MR) is 85.7 cm³/mol. The number of piperazine rings is 1. The second-order valence-corrected chi connectivity index (χ2v) is 6.53. The normalized spacial score (nSPS) is 21.2. The fourth-order valence-electron chi connectivity index (χ4n) is 3.15. The topological polar surface area (TPSA) is 15.3 Å². The van der Waals surface area contributed by atoms with Crippen LogP contribution in [-0.2, 0) is 0 Å². The summed E-state index contributed by atoms with van der Waals surface area (Å²) in [5, 5.41) is 3.53. The molecule has 2 heteroatoms. The average molecular weight is 268 g/mol. The van der Waals surface area contributed by atoms with E-state index in [9.17, 15) is 0 Å². The Morgan fingerprint density at radius 2 is 1.63 bits per heavy atom. The molecule has 1 atom stereocenters. The van der Waals surface area contributed by atoms with Gasteiger partial charge in [0.05, 0.1) is 0 Å². The van der Waals surface area contributed by atoms with Crippen molar-refractivity contribution in [1.82, 2.24) is 10.2 Å². The highest BCUT2D eigenvalue weighted by Crippen LogP contribution is 2.15. The Kier molecular flexibility index (Phi) is 9.54. The van der Waals surface area contributed by atoms with Crippen molar-refractivity contribution in [2.24, 2.45) is 5.92 Å². The van der Waals surface area contributed by atoms with Crippen LogP contribution in [0.1, 0.15) is 72.1 Å². The first kappa shape index (κ1) is 17.0. The Balaban J connectivity index is 2.01. The Bertz CT molecular complexity index is 203. The molecule has 0 spiro atoms. The van der Waals surface area contributed by atoms with Gasteiger partial charge in [0.15, 0.2) is 0 Å². The van der Waals surface area contributed by atoms with Crippen LogP contribution in [0.4, 0.5) is 0 Å². The third-order valence-electron chi connectivity index (χ3n) is 4.47. The molecule has 1 aliphatic heterocycles. The van der Waals surface area contributed by atoms with Crippen molar-refractivity contribution in [3.63, 3.8) is 0 Å². The molecule has 0 aliphatic carbocycles. The summed E-state index contributed by atoms with van der Waals surface area (Å²) < 4.78 is 0. The fraction of sp³-hybridized carbons (Fsp3) is 1.00. The third kappa shape index (κ3) is 7.31. The summed E-state index contributed by atoms with van der Waals surface area (Å²) in [6.07, 6.45) is 11.4. The molecule has 1 rings (SSSR count). The van der Waals surface area contributed by atoms with Crippen molar-refractivity contribution >= 4 is 0 Å². The van der Waals surface area contributed by atoms with Crippen LogP contribution in [0.15, 0.2) is 0 Å². The van der Waals surface area contributed by atoms with E-state index in [1.54, 1.807) is 0 Å². The van der Waals surface area contributed by atoms with Gasteiger partial charge in [-0.1, -0.05) is 65.7 Å². The maximum atomic E-state index is 3.53. The molecule has 1 heterocycles. The van der Waals surface area contributed by atoms with E-state index in [0.717, 1.165) is 12.0 Å². The highest BCUT2D eigenvalue weighted by atomic mass is 15.2. The maximum absolute atomic E-state index is 3.53. The number of nitrogens with zero attached hydrogens (tertiary/aromatic N) is 1. The molecule has 1 fully saturated rings. The van der Waals surface area contributed by atoms with Crippen LogP contribution in [0.5, 0.6) is 0 Å². The van der Waals surface area contributed by atoms with E-state index in [0.29, 0.717) is 0 Å². The Hall–Kier alpha value is -0.0800. The van der Waals surface area contributed by atoms with Gasteiger partial charge >= 0.3 is 0 Å². The molecule has 0 amide bonds. The van der Waals surface area contributed by atoms with E-state index in [2.05, 4.69) is 31.0 Å². The Morgan fingerprint density at radius 3 is 2.26 bits per heavy atom. The molecule has 2 nitrogen and oxygen atoms in total. The summed E-state index contributed by atoms with van der Waals surface area (Å²) in [5.41, 5.74) is 0. The first-order valence-corrected chi connectivity index (χ1v) is 8.70. The summed E-state index contributed by atoms with van der Waals surface area (Å²) in [4.78, 5) is 2.72. The summed E-state index contributed by atoms with van der Waals surface area (Å²) >= 11 is 0. The molecule has 1 saturated heterocycles. The fourth-order valence-corrected chi connectivity index (χ4v) is 3.15. The lowest BCUT2D eigenvalue weighted by atomic mass is 10.00. The van der Waals surface area contributed by atoms with E-state index in [4.69, 9.17) is 0 Å². The molecule has 0 aromatic heterocycles. The van der Waals surface area contributed by atoms with E-state index in [-0.39, 0.29) is 0 Å². The average Bonchev–Trinajstić information content (AvgIpc) is 2.42. The van der Waals surface area contributed by atoms with Crippen LogP contribution in [0.2, 0.25) is 0 Å². The highest BCUT2D eigenvalue weighted by Gasteiger charge is 2.23. The maximum Gasteiger partial charge on any atom is 0.0244 e. The summed E-state index contributed by atoms with van der Waals surface area (Å²) in [6.45, 7) is 11.9. The van der Waals surface area contributed by atoms with Gasteiger partial charge in [0.2, 0.25) is 0 Å².